The van der Waals surface area contributed by atoms with E-state index in [1.807, 2.05) is 45.5 Å². The summed E-state index contributed by atoms with van der Waals surface area (Å²) in [4.78, 5) is 8.78. The highest BCUT2D eigenvalue weighted by Gasteiger charge is 2.10. The average molecular weight is 289 g/mol. The summed E-state index contributed by atoms with van der Waals surface area (Å²) >= 11 is 0. The van der Waals surface area contributed by atoms with Gasteiger partial charge in [-0.2, -0.15) is 10.1 Å². The molecule has 0 aromatic carbocycles. The fourth-order valence-electron chi connectivity index (χ4n) is 2.16. The molecule has 0 amide bonds. The lowest BCUT2D eigenvalue weighted by molar-refractivity contribution is 0.232. The van der Waals surface area contributed by atoms with Gasteiger partial charge in [-0.05, 0) is 34.6 Å². The monoisotopic (exact) mass is 289 g/mol. The third kappa shape index (κ3) is 3.71. The fourth-order valence-corrected chi connectivity index (χ4v) is 2.16. The molecule has 0 atom stereocenters. The van der Waals surface area contributed by atoms with E-state index in [9.17, 15) is 0 Å². The summed E-state index contributed by atoms with van der Waals surface area (Å²) in [5, 5.41) is 7.66. The molecule has 0 bridgehead atoms. The minimum Gasteiger partial charge on any atom is -0.475 e. The van der Waals surface area contributed by atoms with Gasteiger partial charge in [-0.15, -0.1) is 0 Å². The van der Waals surface area contributed by atoms with E-state index in [2.05, 4.69) is 27.3 Å². The van der Waals surface area contributed by atoms with Crippen molar-refractivity contribution < 1.29 is 4.74 Å². The Morgan fingerprint density at radius 3 is 2.52 bits per heavy atom. The van der Waals surface area contributed by atoms with Crippen molar-refractivity contribution in [3.63, 3.8) is 0 Å². The van der Waals surface area contributed by atoms with Crippen LogP contribution in [-0.4, -0.2) is 25.9 Å². The highest BCUT2D eigenvalue weighted by molar-refractivity contribution is 5.34. The highest BCUT2D eigenvalue weighted by Crippen LogP contribution is 2.16. The highest BCUT2D eigenvalue weighted by atomic mass is 16.5. The van der Waals surface area contributed by atoms with Crippen LogP contribution in [0.5, 0.6) is 5.88 Å². The lowest BCUT2D eigenvalue weighted by Crippen LogP contribution is -2.10. The van der Waals surface area contributed by atoms with E-state index < -0.39 is 0 Å². The second-order valence-electron chi connectivity index (χ2n) is 5.46. The lowest BCUT2D eigenvalue weighted by atomic mass is 10.2. The first kappa shape index (κ1) is 15.3. The van der Waals surface area contributed by atoms with E-state index in [0.717, 1.165) is 17.1 Å². The van der Waals surface area contributed by atoms with E-state index in [1.165, 1.54) is 5.56 Å². The zero-order valence-corrected chi connectivity index (χ0v) is 13.6. The van der Waals surface area contributed by atoms with Gasteiger partial charge in [0.1, 0.15) is 0 Å². The van der Waals surface area contributed by atoms with Gasteiger partial charge in [0.05, 0.1) is 11.8 Å². The molecule has 114 valence electrons. The Kier molecular flexibility index (Phi) is 4.45. The van der Waals surface area contributed by atoms with Gasteiger partial charge in [0.15, 0.2) is 0 Å². The molecule has 0 saturated carbocycles. The Balaban J connectivity index is 2.14. The molecule has 6 heteroatoms. The predicted molar refractivity (Wildman–Crippen MR) is 82.5 cm³/mol. The van der Waals surface area contributed by atoms with Gasteiger partial charge >= 0.3 is 0 Å². The van der Waals surface area contributed by atoms with E-state index in [4.69, 9.17) is 4.74 Å². The third-order valence-corrected chi connectivity index (χ3v) is 3.27. The summed E-state index contributed by atoms with van der Waals surface area (Å²) in [6.45, 7) is 10.6. The molecule has 0 aliphatic carbocycles. The van der Waals surface area contributed by atoms with Crippen LogP contribution in [0, 0.1) is 20.8 Å². The van der Waals surface area contributed by atoms with E-state index in [1.54, 1.807) is 0 Å². The fraction of sp³-hybridized carbons (Fsp3) is 0.533. The van der Waals surface area contributed by atoms with Gasteiger partial charge in [0.2, 0.25) is 11.8 Å². The molecule has 0 aliphatic rings. The second kappa shape index (κ2) is 6.11. The van der Waals surface area contributed by atoms with Crippen molar-refractivity contribution in [2.45, 2.75) is 47.3 Å². The predicted octanol–water partition coefficient (Wildman–Crippen LogP) is 2.53. The van der Waals surface area contributed by atoms with Gasteiger partial charge in [0, 0.05) is 36.6 Å². The van der Waals surface area contributed by atoms with Crippen molar-refractivity contribution in [1.29, 1.82) is 0 Å². The molecule has 0 fully saturated rings. The molecule has 0 aliphatic heterocycles. The van der Waals surface area contributed by atoms with Crippen molar-refractivity contribution in [3.05, 3.63) is 28.7 Å². The summed E-state index contributed by atoms with van der Waals surface area (Å²) in [6, 6.07) is 1.84. The molecule has 2 rings (SSSR count). The minimum absolute atomic E-state index is 0.0926. The summed E-state index contributed by atoms with van der Waals surface area (Å²) in [5.41, 5.74) is 4.22. The van der Waals surface area contributed by atoms with Crippen molar-refractivity contribution in [1.82, 2.24) is 19.7 Å². The third-order valence-electron chi connectivity index (χ3n) is 3.27. The average Bonchev–Trinajstić information content (AvgIpc) is 2.59. The molecular formula is C15H23N5O. The molecule has 0 unspecified atom stereocenters. The molecule has 6 nitrogen and oxygen atoms in total. The summed E-state index contributed by atoms with van der Waals surface area (Å²) in [7, 11) is 1.95. The van der Waals surface area contributed by atoms with Crippen molar-refractivity contribution in [2.75, 3.05) is 5.32 Å². The number of nitrogens with one attached hydrogen (secondary N) is 1. The zero-order chi connectivity index (χ0) is 15.6. The maximum absolute atomic E-state index is 5.63. The molecule has 0 radical (unpaired) electrons. The number of ether oxygens (including phenoxy) is 1. The van der Waals surface area contributed by atoms with Gasteiger partial charge < -0.3 is 10.1 Å². The van der Waals surface area contributed by atoms with Crippen LogP contribution < -0.4 is 10.1 Å². The van der Waals surface area contributed by atoms with Crippen LogP contribution in [0.4, 0.5) is 5.95 Å². The van der Waals surface area contributed by atoms with E-state index in [0.29, 0.717) is 18.4 Å². The summed E-state index contributed by atoms with van der Waals surface area (Å²) in [5.74, 6) is 1.17. The maximum atomic E-state index is 5.63. The van der Waals surface area contributed by atoms with E-state index in [-0.39, 0.29) is 6.10 Å². The van der Waals surface area contributed by atoms with Crippen LogP contribution in [0.25, 0.3) is 0 Å². The second-order valence-corrected chi connectivity index (χ2v) is 5.46. The van der Waals surface area contributed by atoms with Crippen LogP contribution in [0.2, 0.25) is 0 Å². The van der Waals surface area contributed by atoms with Gasteiger partial charge in [-0.1, -0.05) is 0 Å². The van der Waals surface area contributed by atoms with Crippen LogP contribution in [0.15, 0.2) is 6.07 Å². The van der Waals surface area contributed by atoms with Gasteiger partial charge in [0.25, 0.3) is 0 Å². The summed E-state index contributed by atoms with van der Waals surface area (Å²) < 4.78 is 7.52. The number of nitrogens with zero attached hydrogens (tertiary/aromatic N) is 4. The Bertz CT molecular complexity index is 633. The molecular weight excluding hydrogens is 266 g/mol. The minimum atomic E-state index is 0.0926. The number of rotatable bonds is 5. The molecule has 0 spiro atoms. The zero-order valence-electron chi connectivity index (χ0n) is 13.6. The largest absolute Gasteiger partial charge is 0.475 e. The summed E-state index contributed by atoms with van der Waals surface area (Å²) in [6.07, 6.45) is 0.0926. The number of hydrogen-bond acceptors (Lipinski definition) is 5. The van der Waals surface area contributed by atoms with Crippen LogP contribution in [0.1, 0.15) is 36.5 Å². The Labute approximate surface area is 125 Å². The quantitative estimate of drug-likeness (QED) is 0.916. The normalized spacial score (nSPS) is 11.0. The molecule has 1 N–H and O–H groups in total. The first-order valence-electron chi connectivity index (χ1n) is 7.12. The maximum Gasteiger partial charge on any atom is 0.226 e. The Morgan fingerprint density at radius 1 is 1.24 bits per heavy atom. The van der Waals surface area contributed by atoms with Gasteiger partial charge in [-0.25, -0.2) is 4.98 Å². The molecule has 2 aromatic rings. The van der Waals surface area contributed by atoms with Gasteiger partial charge in [-0.3, -0.25) is 4.68 Å². The SMILES string of the molecule is Cc1cc(OC(C)C)nc(NCc2c(C)nn(C)c2C)n1. The number of aromatic nitrogens is 4. The topological polar surface area (TPSA) is 64.9 Å². The molecule has 2 heterocycles. The molecule has 0 saturated heterocycles. The number of hydrogen-bond donors (Lipinski definition) is 1. The first-order chi connectivity index (χ1) is 9.86. The Morgan fingerprint density at radius 2 is 1.95 bits per heavy atom. The van der Waals surface area contributed by atoms with Crippen molar-refractivity contribution >= 4 is 5.95 Å². The molecule has 2 aromatic heterocycles. The number of anilines is 1. The van der Waals surface area contributed by atoms with Crippen LogP contribution in [-0.2, 0) is 13.6 Å². The van der Waals surface area contributed by atoms with Crippen molar-refractivity contribution in [2.24, 2.45) is 7.05 Å². The van der Waals surface area contributed by atoms with Crippen LogP contribution >= 0.6 is 0 Å². The van der Waals surface area contributed by atoms with E-state index >= 15 is 0 Å². The first-order valence-corrected chi connectivity index (χ1v) is 7.12. The Hall–Kier alpha value is -2.11. The van der Waals surface area contributed by atoms with Crippen LogP contribution in [0.3, 0.4) is 0 Å². The lowest BCUT2D eigenvalue weighted by Gasteiger charge is -2.11. The molecule has 21 heavy (non-hydrogen) atoms. The smallest absolute Gasteiger partial charge is 0.226 e. The standard InChI is InChI=1S/C15H23N5O/c1-9(2)21-14-7-10(3)17-15(18-14)16-8-13-11(4)19-20(6)12(13)5/h7,9H,8H2,1-6H3,(H,16,17,18). The van der Waals surface area contributed by atoms with Crippen molar-refractivity contribution in [3.8, 4) is 5.88 Å². The number of aryl methyl sites for hydroxylation is 3.